The molecule has 1 aliphatic carbocycles. The maximum absolute atomic E-state index is 12.6. The third-order valence-electron chi connectivity index (χ3n) is 4.12. The van der Waals surface area contributed by atoms with Crippen molar-refractivity contribution >= 4 is 23.2 Å². The normalized spacial score (nSPS) is 14.3. The fourth-order valence-electron chi connectivity index (χ4n) is 2.97. The van der Waals surface area contributed by atoms with Gasteiger partial charge in [-0.2, -0.15) is 0 Å². The van der Waals surface area contributed by atoms with E-state index < -0.39 is 5.97 Å². The monoisotopic (exact) mass is 330 g/mol. The summed E-state index contributed by atoms with van der Waals surface area (Å²) in [6, 6.07) is 5.52. The van der Waals surface area contributed by atoms with E-state index in [-0.39, 0.29) is 16.8 Å². The zero-order valence-corrected chi connectivity index (χ0v) is 13.9. The number of benzene rings is 1. The van der Waals surface area contributed by atoms with Crippen molar-refractivity contribution in [3.05, 3.63) is 50.5 Å². The summed E-state index contributed by atoms with van der Waals surface area (Å²) in [5.41, 5.74) is 3.60. The minimum Gasteiger partial charge on any atom is -0.477 e. The number of rotatable bonds is 4. The summed E-state index contributed by atoms with van der Waals surface area (Å²) in [6.45, 7) is 3.49. The minimum atomic E-state index is -0.981. The van der Waals surface area contributed by atoms with Crippen molar-refractivity contribution in [2.75, 3.05) is 0 Å². The first-order valence-electron chi connectivity index (χ1n) is 7.59. The van der Waals surface area contributed by atoms with Crippen molar-refractivity contribution in [3.8, 4) is 0 Å². The van der Waals surface area contributed by atoms with Crippen molar-refractivity contribution in [1.82, 2.24) is 10.3 Å². The molecule has 1 aromatic carbocycles. The van der Waals surface area contributed by atoms with Crippen LogP contribution in [0.3, 0.4) is 0 Å². The molecule has 1 unspecified atom stereocenters. The molecule has 0 aliphatic heterocycles. The number of amides is 1. The van der Waals surface area contributed by atoms with Gasteiger partial charge in [-0.05, 0) is 50.3 Å². The molecule has 0 fully saturated rings. The number of hydrogen-bond donors (Lipinski definition) is 2. The molecule has 2 aromatic rings. The predicted octanol–water partition coefficient (Wildman–Crippen LogP) is 3.13. The average molecular weight is 330 g/mol. The lowest BCUT2D eigenvalue weighted by Gasteiger charge is -2.13. The van der Waals surface area contributed by atoms with Gasteiger partial charge in [0.25, 0.3) is 5.91 Å². The van der Waals surface area contributed by atoms with Crippen molar-refractivity contribution in [3.63, 3.8) is 0 Å². The van der Waals surface area contributed by atoms with Gasteiger partial charge < -0.3 is 10.4 Å². The van der Waals surface area contributed by atoms with Crippen molar-refractivity contribution in [1.29, 1.82) is 0 Å². The summed E-state index contributed by atoms with van der Waals surface area (Å²) < 4.78 is 0. The van der Waals surface area contributed by atoms with Gasteiger partial charge in [0, 0.05) is 5.56 Å². The van der Waals surface area contributed by atoms with E-state index in [4.69, 9.17) is 5.11 Å². The summed E-state index contributed by atoms with van der Waals surface area (Å²) >= 11 is 1.11. The Labute approximate surface area is 138 Å². The van der Waals surface area contributed by atoms with Gasteiger partial charge in [0.15, 0.2) is 0 Å². The van der Waals surface area contributed by atoms with Crippen LogP contribution in [0.25, 0.3) is 0 Å². The lowest BCUT2D eigenvalue weighted by Crippen LogP contribution is -2.27. The van der Waals surface area contributed by atoms with E-state index in [1.165, 1.54) is 5.56 Å². The molecule has 0 bridgehead atoms. The molecule has 1 heterocycles. The second-order valence-electron chi connectivity index (χ2n) is 5.76. The van der Waals surface area contributed by atoms with Crippen LogP contribution >= 0.6 is 11.3 Å². The van der Waals surface area contributed by atoms with Crippen LogP contribution in [0.1, 0.15) is 61.2 Å². The maximum atomic E-state index is 12.6. The van der Waals surface area contributed by atoms with E-state index >= 15 is 0 Å². The van der Waals surface area contributed by atoms with E-state index in [2.05, 4.69) is 16.4 Å². The number of hydrogen-bond acceptors (Lipinski definition) is 4. The van der Waals surface area contributed by atoms with E-state index in [9.17, 15) is 9.59 Å². The quantitative estimate of drug-likeness (QED) is 0.902. The van der Waals surface area contributed by atoms with Crippen LogP contribution in [0.5, 0.6) is 0 Å². The molecule has 120 valence electrons. The highest BCUT2D eigenvalue weighted by Crippen LogP contribution is 2.27. The lowest BCUT2D eigenvalue weighted by molar-refractivity contribution is 0.0701. The number of fused-ring (bicyclic) bond motifs is 1. The van der Waals surface area contributed by atoms with Crippen molar-refractivity contribution in [2.24, 2.45) is 0 Å². The molecule has 0 radical (unpaired) electrons. The largest absolute Gasteiger partial charge is 0.477 e. The third-order valence-corrected chi connectivity index (χ3v) is 5.44. The highest BCUT2D eigenvalue weighted by atomic mass is 32.1. The number of nitrogens with one attached hydrogen (secondary N) is 1. The highest BCUT2D eigenvalue weighted by Gasteiger charge is 2.22. The fraction of sp³-hybridized carbons (Fsp3) is 0.353. The van der Waals surface area contributed by atoms with Crippen LogP contribution in [-0.4, -0.2) is 22.0 Å². The van der Waals surface area contributed by atoms with Crippen LogP contribution in [0.15, 0.2) is 18.2 Å². The molecule has 0 saturated heterocycles. The van der Waals surface area contributed by atoms with Gasteiger partial charge in [-0.1, -0.05) is 12.1 Å². The Morgan fingerprint density at radius 3 is 2.83 bits per heavy atom. The lowest BCUT2D eigenvalue weighted by atomic mass is 10.0. The Kier molecular flexibility index (Phi) is 4.17. The van der Waals surface area contributed by atoms with Crippen LogP contribution in [0.4, 0.5) is 0 Å². The molecule has 1 atom stereocenters. The molecular formula is C17H18N2O3S. The smallest absolute Gasteiger partial charge is 0.347 e. The van der Waals surface area contributed by atoms with E-state index in [0.717, 1.165) is 41.7 Å². The van der Waals surface area contributed by atoms with Gasteiger partial charge in [0.1, 0.15) is 9.88 Å². The van der Waals surface area contributed by atoms with Crippen molar-refractivity contribution < 1.29 is 14.7 Å². The summed E-state index contributed by atoms with van der Waals surface area (Å²) in [5.74, 6) is -1.10. The second-order valence-corrected chi connectivity index (χ2v) is 6.79. The first kappa shape index (κ1) is 15.7. The molecule has 1 amide bonds. The standard InChI is InChI=1S/C17H18N2O3S/c1-9-14(17(21)22)23-16(19-9)10(2)18-15(20)13-8-4-6-11-5-3-7-12(11)13/h4,6,8,10H,3,5,7H2,1-2H3,(H,18,20)(H,21,22). The van der Waals surface area contributed by atoms with Crippen LogP contribution in [0.2, 0.25) is 0 Å². The number of carbonyl (C=O) groups is 2. The highest BCUT2D eigenvalue weighted by molar-refractivity contribution is 7.13. The Hall–Kier alpha value is -2.21. The molecule has 0 spiro atoms. The van der Waals surface area contributed by atoms with Gasteiger partial charge in [-0.25, -0.2) is 9.78 Å². The Morgan fingerprint density at radius 1 is 1.35 bits per heavy atom. The van der Waals surface area contributed by atoms with E-state index in [0.29, 0.717) is 10.7 Å². The number of aryl methyl sites for hydroxylation is 2. The van der Waals surface area contributed by atoms with Crippen LogP contribution in [-0.2, 0) is 12.8 Å². The number of aromatic carboxylic acids is 1. The number of thiazole rings is 1. The Bertz CT molecular complexity index is 782. The van der Waals surface area contributed by atoms with Gasteiger partial charge >= 0.3 is 5.97 Å². The van der Waals surface area contributed by atoms with E-state index in [1.807, 2.05) is 19.1 Å². The Balaban J connectivity index is 1.79. The second kappa shape index (κ2) is 6.12. The number of aromatic nitrogens is 1. The first-order valence-corrected chi connectivity index (χ1v) is 8.41. The molecule has 2 N–H and O–H groups in total. The van der Waals surface area contributed by atoms with Crippen LogP contribution < -0.4 is 5.32 Å². The summed E-state index contributed by atoms with van der Waals surface area (Å²) in [4.78, 5) is 28.2. The summed E-state index contributed by atoms with van der Waals surface area (Å²) in [6.07, 6.45) is 3.05. The molecule has 23 heavy (non-hydrogen) atoms. The Morgan fingerprint density at radius 2 is 2.13 bits per heavy atom. The average Bonchev–Trinajstić information content (AvgIpc) is 3.12. The number of nitrogens with zero attached hydrogens (tertiary/aromatic N) is 1. The van der Waals surface area contributed by atoms with Gasteiger partial charge in [0.2, 0.25) is 0 Å². The molecule has 3 rings (SSSR count). The molecule has 0 saturated carbocycles. The summed E-state index contributed by atoms with van der Waals surface area (Å²) in [7, 11) is 0. The predicted molar refractivity (Wildman–Crippen MR) is 88.2 cm³/mol. The van der Waals surface area contributed by atoms with Gasteiger partial charge in [0.05, 0.1) is 11.7 Å². The molecule has 5 nitrogen and oxygen atoms in total. The first-order chi connectivity index (χ1) is 11.0. The topological polar surface area (TPSA) is 79.3 Å². The minimum absolute atomic E-state index is 0.124. The third kappa shape index (κ3) is 2.99. The molecule has 1 aromatic heterocycles. The zero-order valence-electron chi connectivity index (χ0n) is 13.0. The molecule has 1 aliphatic rings. The van der Waals surface area contributed by atoms with Crippen molar-refractivity contribution in [2.45, 2.75) is 39.2 Å². The van der Waals surface area contributed by atoms with Crippen LogP contribution in [0, 0.1) is 6.92 Å². The molecule has 6 heteroatoms. The number of carboxylic acid groups (broad SMARTS) is 1. The number of carbonyl (C=O) groups excluding carboxylic acids is 1. The van der Waals surface area contributed by atoms with Gasteiger partial charge in [-0.15, -0.1) is 11.3 Å². The fourth-order valence-corrected chi connectivity index (χ4v) is 3.88. The number of carboxylic acids is 1. The SMILES string of the molecule is Cc1nc(C(C)NC(=O)c2cccc3c2CCC3)sc1C(=O)O. The zero-order chi connectivity index (χ0) is 16.6. The maximum Gasteiger partial charge on any atom is 0.347 e. The summed E-state index contributed by atoms with van der Waals surface area (Å²) in [5, 5.41) is 12.7. The molecular weight excluding hydrogens is 312 g/mol. The van der Waals surface area contributed by atoms with Gasteiger partial charge in [-0.3, -0.25) is 4.79 Å². The van der Waals surface area contributed by atoms with E-state index in [1.54, 1.807) is 6.92 Å².